The largest absolute Gasteiger partial charge is 0.486 e. The Morgan fingerprint density at radius 3 is 2.75 bits per heavy atom. The first-order chi connectivity index (χ1) is 7.48. The third-order valence-corrected chi connectivity index (χ3v) is 3.00. The van der Waals surface area contributed by atoms with Crippen molar-refractivity contribution in [2.45, 2.75) is 45.8 Å². The van der Waals surface area contributed by atoms with Gasteiger partial charge in [0.25, 0.3) is 0 Å². The van der Waals surface area contributed by atoms with Crippen molar-refractivity contribution in [3.05, 3.63) is 29.3 Å². The summed E-state index contributed by atoms with van der Waals surface area (Å²) in [6, 6.07) is 6.54. The molecule has 0 saturated carbocycles. The average molecular weight is 219 g/mol. The molecule has 1 aliphatic heterocycles. The Bertz CT molecular complexity index is 382. The Balaban J connectivity index is 2.34. The fraction of sp³-hybridized carbons (Fsp3) is 0.571. The predicted octanol–water partition coefficient (Wildman–Crippen LogP) is 3.07. The summed E-state index contributed by atoms with van der Waals surface area (Å²) in [7, 11) is 0. The Labute approximate surface area is 98.0 Å². The van der Waals surface area contributed by atoms with Crippen LogP contribution in [0, 0.1) is 0 Å². The molecule has 0 amide bonds. The van der Waals surface area contributed by atoms with Crippen molar-refractivity contribution < 1.29 is 4.74 Å². The maximum absolute atomic E-state index is 6.02. The summed E-state index contributed by atoms with van der Waals surface area (Å²) in [5, 5.41) is 3.43. The van der Waals surface area contributed by atoms with E-state index >= 15 is 0 Å². The molecule has 1 N–H and O–H groups in total. The van der Waals surface area contributed by atoms with Crippen LogP contribution in [0.4, 0.5) is 0 Å². The summed E-state index contributed by atoms with van der Waals surface area (Å²) >= 11 is 0. The van der Waals surface area contributed by atoms with E-state index in [4.69, 9.17) is 4.74 Å². The van der Waals surface area contributed by atoms with Gasteiger partial charge in [-0.25, -0.2) is 0 Å². The zero-order valence-corrected chi connectivity index (χ0v) is 10.6. The molecule has 0 saturated heterocycles. The van der Waals surface area contributed by atoms with E-state index in [2.05, 4.69) is 51.2 Å². The van der Waals surface area contributed by atoms with Crippen LogP contribution in [0.5, 0.6) is 5.75 Å². The van der Waals surface area contributed by atoms with Crippen molar-refractivity contribution in [1.82, 2.24) is 5.32 Å². The lowest BCUT2D eigenvalue weighted by Gasteiger charge is -2.24. The topological polar surface area (TPSA) is 21.3 Å². The lowest BCUT2D eigenvalue weighted by atomic mass is 10.0. The minimum atomic E-state index is -0.120. The number of hydrogen-bond donors (Lipinski definition) is 1. The molecular formula is C14H21NO. The van der Waals surface area contributed by atoms with Crippen LogP contribution < -0.4 is 10.1 Å². The van der Waals surface area contributed by atoms with Gasteiger partial charge in [0, 0.05) is 18.7 Å². The van der Waals surface area contributed by atoms with Crippen LogP contribution in [-0.2, 0) is 6.54 Å². The maximum Gasteiger partial charge on any atom is 0.124 e. The molecule has 0 radical (unpaired) electrons. The van der Waals surface area contributed by atoms with Gasteiger partial charge in [0.15, 0.2) is 0 Å². The molecular weight excluding hydrogens is 198 g/mol. The van der Waals surface area contributed by atoms with Gasteiger partial charge in [0.2, 0.25) is 0 Å². The van der Waals surface area contributed by atoms with Gasteiger partial charge in [-0.05, 0) is 31.4 Å². The van der Waals surface area contributed by atoms with E-state index < -0.39 is 0 Å². The number of rotatable bonds is 1. The van der Waals surface area contributed by atoms with Crippen LogP contribution in [-0.4, -0.2) is 12.1 Å². The van der Waals surface area contributed by atoms with E-state index in [1.807, 2.05) is 0 Å². The highest BCUT2D eigenvalue weighted by Gasteiger charge is 2.24. The van der Waals surface area contributed by atoms with Gasteiger partial charge in [0.1, 0.15) is 11.4 Å². The Kier molecular flexibility index (Phi) is 2.94. The van der Waals surface area contributed by atoms with Crippen molar-refractivity contribution in [3.63, 3.8) is 0 Å². The number of nitrogens with one attached hydrogen (secondary N) is 1. The Hall–Kier alpha value is -1.02. The second-order valence-corrected chi connectivity index (χ2v) is 5.49. The van der Waals surface area contributed by atoms with Gasteiger partial charge >= 0.3 is 0 Å². The lowest BCUT2D eigenvalue weighted by molar-refractivity contribution is 0.115. The Morgan fingerprint density at radius 1 is 1.31 bits per heavy atom. The molecule has 1 aromatic rings. The third kappa shape index (κ3) is 2.38. The van der Waals surface area contributed by atoms with Gasteiger partial charge < -0.3 is 10.1 Å². The molecule has 1 aromatic carbocycles. The van der Waals surface area contributed by atoms with Crippen molar-refractivity contribution in [1.29, 1.82) is 0 Å². The molecule has 0 aliphatic carbocycles. The minimum absolute atomic E-state index is 0.120. The van der Waals surface area contributed by atoms with Crippen LogP contribution in [0.1, 0.15) is 44.7 Å². The highest BCUT2D eigenvalue weighted by atomic mass is 16.5. The van der Waals surface area contributed by atoms with E-state index in [0.29, 0.717) is 5.92 Å². The molecule has 2 nitrogen and oxygen atoms in total. The fourth-order valence-electron chi connectivity index (χ4n) is 2.03. The molecule has 0 unspecified atom stereocenters. The molecule has 2 rings (SSSR count). The maximum atomic E-state index is 6.02. The molecule has 88 valence electrons. The molecule has 0 aromatic heterocycles. The first kappa shape index (κ1) is 11.5. The lowest BCUT2D eigenvalue weighted by Crippen LogP contribution is -2.37. The van der Waals surface area contributed by atoms with Crippen molar-refractivity contribution >= 4 is 0 Å². The van der Waals surface area contributed by atoms with E-state index in [-0.39, 0.29) is 5.60 Å². The second-order valence-electron chi connectivity index (χ2n) is 5.49. The molecule has 0 bridgehead atoms. The first-order valence-electron chi connectivity index (χ1n) is 6.00. The average Bonchev–Trinajstić information content (AvgIpc) is 2.33. The van der Waals surface area contributed by atoms with Gasteiger partial charge in [-0.3, -0.25) is 0 Å². The fourth-order valence-corrected chi connectivity index (χ4v) is 2.03. The predicted molar refractivity (Wildman–Crippen MR) is 66.9 cm³/mol. The summed E-state index contributed by atoms with van der Waals surface area (Å²) in [4.78, 5) is 0. The van der Waals surface area contributed by atoms with Gasteiger partial charge in [-0.15, -0.1) is 0 Å². The molecule has 0 spiro atoms. The summed E-state index contributed by atoms with van der Waals surface area (Å²) in [6.07, 6.45) is 0. The monoisotopic (exact) mass is 219 g/mol. The van der Waals surface area contributed by atoms with Crippen LogP contribution in [0.3, 0.4) is 0 Å². The highest BCUT2D eigenvalue weighted by Crippen LogP contribution is 2.29. The summed E-state index contributed by atoms with van der Waals surface area (Å²) in [5.41, 5.74) is 2.53. The van der Waals surface area contributed by atoms with Gasteiger partial charge in [0.05, 0.1) is 0 Å². The minimum Gasteiger partial charge on any atom is -0.486 e. The number of ether oxygens (including phenoxy) is 1. The number of hydrogen-bond acceptors (Lipinski definition) is 2. The molecule has 2 heteroatoms. The van der Waals surface area contributed by atoms with Gasteiger partial charge in [-0.1, -0.05) is 26.0 Å². The zero-order chi connectivity index (χ0) is 11.8. The third-order valence-electron chi connectivity index (χ3n) is 3.00. The molecule has 1 aliphatic rings. The normalized spacial score (nSPS) is 18.8. The number of benzene rings is 1. The van der Waals surface area contributed by atoms with Crippen LogP contribution in [0.2, 0.25) is 0 Å². The van der Waals surface area contributed by atoms with E-state index in [0.717, 1.165) is 18.8 Å². The SMILES string of the molecule is CC(C)c1ccc2c(c1)CNCC(C)(C)O2. The molecule has 0 fully saturated rings. The summed E-state index contributed by atoms with van der Waals surface area (Å²) in [5.74, 6) is 1.60. The van der Waals surface area contributed by atoms with E-state index in [1.54, 1.807) is 0 Å². The smallest absolute Gasteiger partial charge is 0.124 e. The molecule has 0 atom stereocenters. The molecule has 1 heterocycles. The van der Waals surface area contributed by atoms with Crippen molar-refractivity contribution in [2.24, 2.45) is 0 Å². The second kappa shape index (κ2) is 4.10. The van der Waals surface area contributed by atoms with Crippen molar-refractivity contribution in [2.75, 3.05) is 6.54 Å². The standard InChI is InChI=1S/C14H21NO/c1-10(2)11-5-6-13-12(7-11)8-15-9-14(3,4)16-13/h5-7,10,15H,8-9H2,1-4H3. The summed E-state index contributed by atoms with van der Waals surface area (Å²) in [6.45, 7) is 10.5. The summed E-state index contributed by atoms with van der Waals surface area (Å²) < 4.78 is 6.02. The van der Waals surface area contributed by atoms with E-state index in [9.17, 15) is 0 Å². The van der Waals surface area contributed by atoms with Crippen LogP contribution >= 0.6 is 0 Å². The van der Waals surface area contributed by atoms with Crippen LogP contribution in [0.25, 0.3) is 0 Å². The number of fused-ring (bicyclic) bond motifs is 1. The quantitative estimate of drug-likeness (QED) is 0.783. The van der Waals surface area contributed by atoms with Gasteiger partial charge in [-0.2, -0.15) is 0 Å². The highest BCUT2D eigenvalue weighted by molar-refractivity contribution is 5.39. The van der Waals surface area contributed by atoms with E-state index in [1.165, 1.54) is 11.1 Å². The zero-order valence-electron chi connectivity index (χ0n) is 10.6. The first-order valence-corrected chi connectivity index (χ1v) is 6.00. The molecule has 16 heavy (non-hydrogen) atoms. The van der Waals surface area contributed by atoms with Crippen LogP contribution in [0.15, 0.2) is 18.2 Å². The van der Waals surface area contributed by atoms with Crippen molar-refractivity contribution in [3.8, 4) is 5.75 Å². The Morgan fingerprint density at radius 2 is 2.06 bits per heavy atom.